The highest BCUT2D eigenvalue weighted by Crippen LogP contribution is 2.35. The third-order valence-corrected chi connectivity index (χ3v) is 6.25. The van der Waals surface area contributed by atoms with Crippen molar-refractivity contribution in [3.63, 3.8) is 0 Å². The number of nitrogens with zero attached hydrogens (tertiary/aromatic N) is 3. The number of benzene rings is 1. The van der Waals surface area contributed by atoms with E-state index in [-0.39, 0.29) is 5.56 Å². The van der Waals surface area contributed by atoms with Gasteiger partial charge in [0.05, 0.1) is 11.9 Å². The lowest BCUT2D eigenvalue weighted by atomic mass is 9.89. The zero-order chi connectivity index (χ0) is 16.8. The molecule has 24 heavy (non-hydrogen) atoms. The van der Waals surface area contributed by atoms with Crippen LogP contribution in [0.25, 0.3) is 10.2 Å². The van der Waals surface area contributed by atoms with Crippen LogP contribution in [0.4, 0.5) is 0 Å². The molecule has 1 aliphatic carbocycles. The molecule has 4 nitrogen and oxygen atoms in total. The quantitative estimate of drug-likeness (QED) is 0.665. The first-order chi connectivity index (χ1) is 11.5. The van der Waals surface area contributed by atoms with E-state index >= 15 is 0 Å². The first-order valence-electron chi connectivity index (χ1n) is 7.85. The summed E-state index contributed by atoms with van der Waals surface area (Å²) in [7, 11) is 0. The number of rotatable bonds is 2. The van der Waals surface area contributed by atoms with Crippen LogP contribution in [-0.2, 0) is 19.4 Å². The van der Waals surface area contributed by atoms with Crippen LogP contribution in [0.15, 0.2) is 23.0 Å². The molecule has 1 atom stereocenters. The fourth-order valence-corrected chi connectivity index (χ4v) is 4.99. The van der Waals surface area contributed by atoms with Gasteiger partial charge in [-0.25, -0.2) is 4.68 Å². The third kappa shape index (κ3) is 2.75. The smallest absolute Gasteiger partial charge is 0.267 e. The Morgan fingerprint density at radius 2 is 2.21 bits per heavy atom. The summed E-state index contributed by atoms with van der Waals surface area (Å²) in [5.41, 5.74) is 1.89. The maximum absolute atomic E-state index is 12.9. The molecular weight excluding hydrogens is 365 g/mol. The monoisotopic (exact) mass is 379 g/mol. The molecule has 3 aromatic rings. The van der Waals surface area contributed by atoms with Crippen LogP contribution in [0.5, 0.6) is 0 Å². The first kappa shape index (κ1) is 16.1. The SMILES string of the molecule is C[C@@H]1CCc2c(sc3nnn(Cc4ccc(Cl)cc4Cl)c(=O)c23)C1. The molecule has 0 saturated heterocycles. The summed E-state index contributed by atoms with van der Waals surface area (Å²) in [5.74, 6) is 0.661. The fraction of sp³-hybridized carbons (Fsp3) is 0.353. The Hall–Kier alpha value is -1.43. The van der Waals surface area contributed by atoms with Gasteiger partial charge in [0.25, 0.3) is 5.56 Å². The van der Waals surface area contributed by atoms with Gasteiger partial charge < -0.3 is 0 Å². The first-order valence-corrected chi connectivity index (χ1v) is 9.42. The Morgan fingerprint density at radius 1 is 1.38 bits per heavy atom. The van der Waals surface area contributed by atoms with Gasteiger partial charge in [0.15, 0.2) is 4.83 Å². The number of halogens is 2. The largest absolute Gasteiger partial charge is 0.279 e. The molecule has 2 heterocycles. The van der Waals surface area contributed by atoms with E-state index in [0.29, 0.717) is 22.5 Å². The highest BCUT2D eigenvalue weighted by atomic mass is 35.5. The molecule has 0 N–H and O–H groups in total. The van der Waals surface area contributed by atoms with Gasteiger partial charge >= 0.3 is 0 Å². The summed E-state index contributed by atoms with van der Waals surface area (Å²) >= 11 is 13.7. The Bertz CT molecular complexity index is 995. The number of aryl methyl sites for hydroxylation is 1. The molecule has 0 bridgehead atoms. The molecule has 0 amide bonds. The molecule has 2 aromatic heterocycles. The van der Waals surface area contributed by atoms with Crippen LogP contribution in [0.2, 0.25) is 10.0 Å². The summed E-state index contributed by atoms with van der Waals surface area (Å²) < 4.78 is 1.39. The molecule has 0 saturated carbocycles. The van der Waals surface area contributed by atoms with Crippen molar-refractivity contribution in [2.75, 3.05) is 0 Å². The minimum atomic E-state index is -0.0851. The molecule has 124 valence electrons. The van der Waals surface area contributed by atoms with Crippen LogP contribution < -0.4 is 5.56 Å². The van der Waals surface area contributed by atoms with E-state index in [1.54, 1.807) is 23.5 Å². The number of fused-ring (bicyclic) bond motifs is 3. The van der Waals surface area contributed by atoms with Crippen molar-refractivity contribution in [2.45, 2.75) is 32.7 Å². The minimum Gasteiger partial charge on any atom is -0.267 e. The van der Waals surface area contributed by atoms with Crippen LogP contribution in [-0.4, -0.2) is 15.0 Å². The van der Waals surface area contributed by atoms with E-state index in [1.165, 1.54) is 15.1 Å². The molecule has 4 rings (SSSR count). The van der Waals surface area contributed by atoms with Crippen LogP contribution in [0, 0.1) is 5.92 Å². The van der Waals surface area contributed by atoms with Crippen molar-refractivity contribution in [2.24, 2.45) is 5.92 Å². The Morgan fingerprint density at radius 3 is 3.00 bits per heavy atom. The van der Waals surface area contributed by atoms with Gasteiger partial charge in [-0.3, -0.25) is 4.79 Å². The standard InChI is InChI=1S/C17H15Cl2N3OS/c1-9-2-5-12-14(6-9)24-16-15(12)17(23)22(21-20-16)8-10-3-4-11(18)7-13(10)19/h3-4,7,9H,2,5-6,8H2,1H3/t9-/m1/s1. The normalized spacial score (nSPS) is 17.2. The van der Waals surface area contributed by atoms with Gasteiger partial charge in [-0.05, 0) is 48.4 Å². The second kappa shape index (κ2) is 6.14. The second-order valence-corrected chi connectivity index (χ2v) is 8.25. The maximum atomic E-state index is 12.9. The molecule has 0 aliphatic heterocycles. The van der Waals surface area contributed by atoms with Crippen molar-refractivity contribution < 1.29 is 0 Å². The number of aromatic nitrogens is 3. The van der Waals surface area contributed by atoms with Crippen molar-refractivity contribution in [3.8, 4) is 0 Å². The fourth-order valence-electron chi connectivity index (χ4n) is 3.21. The van der Waals surface area contributed by atoms with Gasteiger partial charge in [-0.15, -0.1) is 16.4 Å². The Kier molecular flexibility index (Phi) is 4.11. The lowest BCUT2D eigenvalue weighted by molar-refractivity contribution is 0.508. The predicted molar refractivity (Wildman–Crippen MR) is 98.4 cm³/mol. The highest BCUT2D eigenvalue weighted by Gasteiger charge is 2.23. The number of thiophene rings is 1. The third-order valence-electron chi connectivity index (χ3n) is 4.52. The van der Waals surface area contributed by atoms with Gasteiger partial charge in [-0.1, -0.05) is 41.4 Å². The lowest BCUT2D eigenvalue weighted by Crippen LogP contribution is -2.25. The van der Waals surface area contributed by atoms with E-state index in [0.717, 1.165) is 35.0 Å². The average Bonchev–Trinajstić information content (AvgIpc) is 2.90. The Balaban J connectivity index is 1.80. The molecule has 0 spiro atoms. The summed E-state index contributed by atoms with van der Waals surface area (Å²) in [6.07, 6.45) is 3.08. The van der Waals surface area contributed by atoms with Gasteiger partial charge in [0.2, 0.25) is 0 Å². The Labute approximate surface area is 153 Å². The highest BCUT2D eigenvalue weighted by molar-refractivity contribution is 7.18. The van der Waals surface area contributed by atoms with E-state index < -0.39 is 0 Å². The summed E-state index contributed by atoms with van der Waals surface area (Å²) in [6, 6.07) is 5.24. The van der Waals surface area contributed by atoms with Crippen molar-refractivity contribution >= 4 is 44.8 Å². The summed E-state index contributed by atoms with van der Waals surface area (Å²) in [5, 5.41) is 10.2. The van der Waals surface area contributed by atoms with Crippen LogP contribution >= 0.6 is 34.5 Å². The molecular formula is C17H15Cl2N3OS. The van der Waals surface area contributed by atoms with Crippen LogP contribution in [0.1, 0.15) is 29.3 Å². The van der Waals surface area contributed by atoms with E-state index in [1.807, 2.05) is 6.07 Å². The molecule has 0 radical (unpaired) electrons. The number of hydrogen-bond donors (Lipinski definition) is 0. The van der Waals surface area contributed by atoms with E-state index in [9.17, 15) is 4.79 Å². The van der Waals surface area contributed by atoms with Crippen LogP contribution in [0.3, 0.4) is 0 Å². The zero-order valence-corrected chi connectivity index (χ0v) is 15.4. The molecule has 0 unspecified atom stereocenters. The summed E-state index contributed by atoms with van der Waals surface area (Å²) in [4.78, 5) is 15.0. The van der Waals surface area contributed by atoms with Crippen molar-refractivity contribution in [3.05, 3.63) is 54.6 Å². The van der Waals surface area contributed by atoms with Gasteiger partial charge in [0.1, 0.15) is 0 Å². The average molecular weight is 380 g/mol. The van der Waals surface area contributed by atoms with Gasteiger partial charge in [-0.2, -0.15) is 0 Å². The molecule has 1 aromatic carbocycles. The molecule has 1 aliphatic rings. The number of hydrogen-bond acceptors (Lipinski definition) is 4. The molecule has 7 heteroatoms. The zero-order valence-electron chi connectivity index (χ0n) is 13.1. The summed E-state index contributed by atoms with van der Waals surface area (Å²) in [6.45, 7) is 2.54. The minimum absolute atomic E-state index is 0.0851. The lowest BCUT2D eigenvalue weighted by Gasteiger charge is -2.17. The van der Waals surface area contributed by atoms with Crippen molar-refractivity contribution in [1.82, 2.24) is 15.0 Å². The maximum Gasteiger partial charge on any atom is 0.279 e. The van der Waals surface area contributed by atoms with Crippen molar-refractivity contribution in [1.29, 1.82) is 0 Å². The van der Waals surface area contributed by atoms with Gasteiger partial charge in [0, 0.05) is 14.9 Å². The van der Waals surface area contributed by atoms with E-state index in [4.69, 9.17) is 23.2 Å². The van der Waals surface area contributed by atoms with E-state index in [2.05, 4.69) is 17.2 Å². The predicted octanol–water partition coefficient (Wildman–Crippen LogP) is 4.33. The topological polar surface area (TPSA) is 47.8 Å². The molecule has 0 fully saturated rings. The second-order valence-electron chi connectivity index (χ2n) is 6.32.